The van der Waals surface area contributed by atoms with Gasteiger partial charge in [-0.2, -0.15) is 0 Å². The lowest BCUT2D eigenvalue weighted by Crippen LogP contribution is -2.40. The molecular formula is C25H31N3O6S. The molecule has 0 spiro atoms. The van der Waals surface area contributed by atoms with Crippen molar-refractivity contribution in [3.63, 3.8) is 0 Å². The zero-order valence-electron chi connectivity index (χ0n) is 20.0. The monoisotopic (exact) mass is 501 g/mol. The van der Waals surface area contributed by atoms with Gasteiger partial charge < -0.3 is 20.3 Å². The molecular weight excluding hydrogens is 470 g/mol. The van der Waals surface area contributed by atoms with Crippen molar-refractivity contribution < 1.29 is 27.5 Å². The number of ether oxygens (including phenoxy) is 1. The van der Waals surface area contributed by atoms with Crippen molar-refractivity contribution in [2.45, 2.75) is 31.1 Å². The van der Waals surface area contributed by atoms with E-state index in [0.29, 0.717) is 36.4 Å². The van der Waals surface area contributed by atoms with Crippen LogP contribution in [0.3, 0.4) is 0 Å². The van der Waals surface area contributed by atoms with Gasteiger partial charge in [0.25, 0.3) is 5.91 Å². The molecule has 0 aromatic heterocycles. The fourth-order valence-corrected chi connectivity index (χ4v) is 4.35. The summed E-state index contributed by atoms with van der Waals surface area (Å²) in [5.41, 5.74) is 1.99. The zero-order chi connectivity index (χ0) is 25.4. The maximum atomic E-state index is 13.0. The molecule has 0 saturated carbocycles. The van der Waals surface area contributed by atoms with E-state index in [1.165, 1.54) is 12.1 Å². The van der Waals surface area contributed by atoms with Crippen molar-refractivity contribution in [1.82, 2.24) is 15.5 Å². The summed E-state index contributed by atoms with van der Waals surface area (Å²) in [6.45, 7) is 3.28. The number of nitrogens with zero attached hydrogens (tertiary/aromatic N) is 1. The van der Waals surface area contributed by atoms with Gasteiger partial charge >= 0.3 is 0 Å². The van der Waals surface area contributed by atoms with Crippen LogP contribution in [0.1, 0.15) is 34.3 Å². The Labute approximate surface area is 205 Å². The molecule has 188 valence electrons. The minimum atomic E-state index is -3.32. The zero-order valence-corrected chi connectivity index (χ0v) is 20.8. The van der Waals surface area contributed by atoms with Gasteiger partial charge in [0.2, 0.25) is 11.8 Å². The third-order valence-electron chi connectivity index (χ3n) is 5.62. The van der Waals surface area contributed by atoms with E-state index in [1.54, 1.807) is 29.2 Å². The highest BCUT2D eigenvalue weighted by Gasteiger charge is 2.18. The standard InChI is InChI=1S/C25H31N3O6S/c1-18-5-10-22-21(16-18)25(31)27-11-14-28(13-3-4-23(29)26-12-15-34-22)24(30)17-19-6-8-20(9-7-19)35(2,32)33/h5-10,16H,3-4,11-15,17H2,1-2H3,(H,26,29)(H,27,31). The van der Waals surface area contributed by atoms with Gasteiger partial charge in [0, 0.05) is 32.3 Å². The van der Waals surface area contributed by atoms with Crippen molar-refractivity contribution in [1.29, 1.82) is 0 Å². The fourth-order valence-electron chi connectivity index (χ4n) is 3.72. The third-order valence-corrected chi connectivity index (χ3v) is 6.75. The maximum Gasteiger partial charge on any atom is 0.255 e. The molecule has 0 unspecified atom stereocenters. The number of aryl methyl sites for hydroxylation is 1. The Morgan fingerprint density at radius 2 is 1.77 bits per heavy atom. The highest BCUT2D eigenvalue weighted by molar-refractivity contribution is 7.90. The normalized spacial score (nSPS) is 16.1. The average molecular weight is 502 g/mol. The summed E-state index contributed by atoms with van der Waals surface area (Å²) in [5, 5.41) is 5.64. The first-order chi connectivity index (χ1) is 16.6. The molecule has 1 heterocycles. The van der Waals surface area contributed by atoms with Crippen molar-refractivity contribution >= 4 is 27.6 Å². The summed E-state index contributed by atoms with van der Waals surface area (Å²) >= 11 is 0. The SMILES string of the molecule is Cc1ccc2c(c1)C(=O)NCCN(C(=O)Cc1ccc(S(C)(=O)=O)cc1)CCCC(=O)NCCO2. The lowest BCUT2D eigenvalue weighted by atomic mass is 10.1. The number of hydrogen-bond donors (Lipinski definition) is 2. The number of benzene rings is 2. The Balaban J connectivity index is 1.72. The van der Waals surface area contributed by atoms with Crippen molar-refractivity contribution in [3.8, 4) is 5.75 Å². The quantitative estimate of drug-likeness (QED) is 0.657. The molecule has 1 aliphatic heterocycles. The Kier molecular flexibility index (Phi) is 8.86. The molecule has 9 nitrogen and oxygen atoms in total. The largest absolute Gasteiger partial charge is 0.491 e. The number of sulfone groups is 1. The van der Waals surface area contributed by atoms with Crippen LogP contribution in [0.25, 0.3) is 0 Å². The molecule has 3 amide bonds. The van der Waals surface area contributed by atoms with Gasteiger partial charge in [-0.3, -0.25) is 14.4 Å². The predicted octanol–water partition coefficient (Wildman–Crippen LogP) is 1.49. The second-order valence-corrected chi connectivity index (χ2v) is 10.5. The Morgan fingerprint density at radius 1 is 1.03 bits per heavy atom. The molecule has 0 saturated heterocycles. The summed E-state index contributed by atoms with van der Waals surface area (Å²) in [6, 6.07) is 11.5. The van der Waals surface area contributed by atoms with E-state index in [-0.39, 0.29) is 55.2 Å². The summed E-state index contributed by atoms with van der Waals surface area (Å²) in [7, 11) is -3.32. The minimum absolute atomic E-state index is 0.0834. The van der Waals surface area contributed by atoms with E-state index >= 15 is 0 Å². The van der Waals surface area contributed by atoms with Crippen LogP contribution in [-0.2, 0) is 25.8 Å². The van der Waals surface area contributed by atoms with Crippen molar-refractivity contribution in [2.75, 3.05) is 39.0 Å². The van der Waals surface area contributed by atoms with Gasteiger partial charge in [-0.25, -0.2) is 8.42 Å². The Bertz CT molecular complexity index is 1180. The van der Waals surface area contributed by atoms with Gasteiger partial charge in [-0.05, 0) is 43.2 Å². The van der Waals surface area contributed by atoms with Crippen molar-refractivity contribution in [3.05, 3.63) is 59.2 Å². The van der Waals surface area contributed by atoms with E-state index in [1.807, 2.05) is 13.0 Å². The van der Waals surface area contributed by atoms with Gasteiger partial charge in [-0.1, -0.05) is 23.8 Å². The maximum absolute atomic E-state index is 13.0. The molecule has 0 aliphatic carbocycles. The van der Waals surface area contributed by atoms with Crippen molar-refractivity contribution in [2.24, 2.45) is 0 Å². The Hall–Kier alpha value is -3.40. The van der Waals surface area contributed by atoms with Gasteiger partial charge in [-0.15, -0.1) is 0 Å². The van der Waals surface area contributed by atoms with E-state index in [0.717, 1.165) is 11.8 Å². The van der Waals surface area contributed by atoms with E-state index in [9.17, 15) is 22.8 Å². The topological polar surface area (TPSA) is 122 Å². The van der Waals surface area contributed by atoms with Crippen LogP contribution in [0.5, 0.6) is 5.75 Å². The summed E-state index contributed by atoms with van der Waals surface area (Å²) in [4.78, 5) is 39.8. The molecule has 0 radical (unpaired) electrons. The average Bonchev–Trinajstić information content (AvgIpc) is 2.81. The molecule has 2 aromatic rings. The van der Waals surface area contributed by atoms with Crippen LogP contribution < -0.4 is 15.4 Å². The van der Waals surface area contributed by atoms with E-state index in [4.69, 9.17) is 4.74 Å². The lowest BCUT2D eigenvalue weighted by molar-refractivity contribution is -0.131. The second kappa shape index (κ2) is 11.8. The molecule has 3 rings (SSSR count). The number of rotatable bonds is 3. The number of carbonyl (C=O) groups excluding carboxylic acids is 3. The van der Waals surface area contributed by atoms with Crippen LogP contribution in [0, 0.1) is 6.92 Å². The number of carbonyl (C=O) groups is 3. The number of fused-ring (bicyclic) bond motifs is 1. The van der Waals surface area contributed by atoms with Crippen LogP contribution in [-0.4, -0.2) is 70.1 Å². The van der Waals surface area contributed by atoms with Gasteiger partial charge in [0.1, 0.15) is 12.4 Å². The molecule has 10 heteroatoms. The lowest BCUT2D eigenvalue weighted by Gasteiger charge is -2.23. The summed E-state index contributed by atoms with van der Waals surface area (Å²) < 4.78 is 29.0. The predicted molar refractivity (Wildman–Crippen MR) is 131 cm³/mol. The van der Waals surface area contributed by atoms with Gasteiger partial charge in [0.15, 0.2) is 9.84 Å². The van der Waals surface area contributed by atoms with E-state index in [2.05, 4.69) is 10.6 Å². The minimum Gasteiger partial charge on any atom is -0.491 e. The summed E-state index contributed by atoms with van der Waals surface area (Å²) in [6.07, 6.45) is 1.94. The first kappa shape index (κ1) is 26.2. The van der Waals surface area contributed by atoms with Crippen LogP contribution in [0.15, 0.2) is 47.4 Å². The Morgan fingerprint density at radius 3 is 2.49 bits per heavy atom. The summed E-state index contributed by atoms with van der Waals surface area (Å²) in [5.74, 6) is -0.171. The molecule has 2 N–H and O–H groups in total. The molecule has 0 atom stereocenters. The second-order valence-electron chi connectivity index (χ2n) is 8.53. The third kappa shape index (κ3) is 7.81. The van der Waals surface area contributed by atoms with Gasteiger partial charge in [0.05, 0.1) is 23.4 Å². The smallest absolute Gasteiger partial charge is 0.255 e. The first-order valence-electron chi connectivity index (χ1n) is 11.5. The number of amides is 3. The van der Waals surface area contributed by atoms with E-state index < -0.39 is 9.84 Å². The molecule has 2 aromatic carbocycles. The van der Waals surface area contributed by atoms with Crippen LogP contribution in [0.2, 0.25) is 0 Å². The fraction of sp³-hybridized carbons (Fsp3) is 0.400. The molecule has 0 bridgehead atoms. The van der Waals surface area contributed by atoms with Crippen LogP contribution >= 0.6 is 0 Å². The van der Waals surface area contributed by atoms with Crippen LogP contribution in [0.4, 0.5) is 0 Å². The molecule has 35 heavy (non-hydrogen) atoms. The first-order valence-corrected chi connectivity index (χ1v) is 13.4. The highest BCUT2D eigenvalue weighted by Crippen LogP contribution is 2.20. The highest BCUT2D eigenvalue weighted by atomic mass is 32.2. The molecule has 0 fully saturated rings. The number of hydrogen-bond acceptors (Lipinski definition) is 6. The number of nitrogens with one attached hydrogen (secondary N) is 2. The molecule has 1 aliphatic rings.